The first-order valence-electron chi connectivity index (χ1n) is 12.7. The Morgan fingerprint density at radius 2 is 1.78 bits per heavy atom. The lowest BCUT2D eigenvalue weighted by atomic mass is 9.99. The first-order chi connectivity index (χ1) is 17.8. The second kappa shape index (κ2) is 12.0. The minimum absolute atomic E-state index is 0.0672. The summed E-state index contributed by atoms with van der Waals surface area (Å²) in [4.78, 5) is 29.9. The Morgan fingerprint density at radius 3 is 2.46 bits per heavy atom. The van der Waals surface area contributed by atoms with Crippen LogP contribution in [-0.2, 0) is 22.7 Å². The lowest BCUT2D eigenvalue weighted by Gasteiger charge is -2.36. The van der Waals surface area contributed by atoms with Crippen molar-refractivity contribution in [2.45, 2.75) is 71.1 Å². The van der Waals surface area contributed by atoms with Crippen molar-refractivity contribution in [3.05, 3.63) is 65.7 Å². The highest BCUT2D eigenvalue weighted by atomic mass is 19.1. The molecule has 1 atom stereocenters. The van der Waals surface area contributed by atoms with Crippen molar-refractivity contribution >= 4 is 11.8 Å². The molecule has 10 heteroatoms. The number of carbonyl (C=O) groups is 2. The highest BCUT2D eigenvalue weighted by Crippen LogP contribution is 2.28. The monoisotopic (exact) mass is 510 g/mol. The fraction of sp³-hybridized carbons (Fsp3) is 0.444. The fourth-order valence-corrected chi connectivity index (χ4v) is 4.78. The summed E-state index contributed by atoms with van der Waals surface area (Å²) in [5, 5.41) is 15.0. The molecule has 196 valence electrons. The summed E-state index contributed by atoms with van der Waals surface area (Å²) in [6, 6.07) is 11.3. The van der Waals surface area contributed by atoms with Gasteiger partial charge >= 0.3 is 0 Å². The smallest absolute Gasteiger partial charge is 0.247 e. The van der Waals surface area contributed by atoms with Crippen molar-refractivity contribution in [3.63, 3.8) is 0 Å². The molecule has 1 saturated carbocycles. The molecule has 4 rings (SSSR count). The molecule has 0 bridgehead atoms. The molecular weight excluding hydrogens is 478 g/mol. The van der Waals surface area contributed by atoms with Gasteiger partial charge < -0.3 is 10.2 Å². The van der Waals surface area contributed by atoms with Gasteiger partial charge in [-0.1, -0.05) is 51.0 Å². The van der Waals surface area contributed by atoms with Crippen LogP contribution in [0.25, 0.3) is 11.4 Å². The number of benzene rings is 2. The van der Waals surface area contributed by atoms with Gasteiger partial charge in [0.15, 0.2) is 0 Å². The molecule has 0 saturated heterocycles. The molecule has 3 aromatic rings. The average molecular weight is 511 g/mol. The van der Waals surface area contributed by atoms with E-state index in [1.54, 1.807) is 35.2 Å². The molecule has 2 aromatic carbocycles. The van der Waals surface area contributed by atoms with Gasteiger partial charge in [0.25, 0.3) is 0 Å². The minimum atomic E-state index is -0.675. The van der Waals surface area contributed by atoms with Crippen molar-refractivity contribution in [2.75, 3.05) is 0 Å². The number of hydrogen-bond donors (Lipinski definition) is 1. The van der Waals surface area contributed by atoms with Crippen molar-refractivity contribution in [2.24, 2.45) is 5.92 Å². The van der Waals surface area contributed by atoms with Crippen LogP contribution >= 0.6 is 0 Å². The molecule has 8 nitrogen and oxygen atoms in total. The summed E-state index contributed by atoms with van der Waals surface area (Å²) in [5.74, 6) is -1.10. The Kier molecular flexibility index (Phi) is 8.58. The van der Waals surface area contributed by atoms with Crippen molar-refractivity contribution < 1.29 is 18.4 Å². The number of carbonyl (C=O) groups excluding carboxylic acids is 2. The molecule has 1 N–H and O–H groups in total. The zero-order chi connectivity index (χ0) is 26.4. The predicted molar refractivity (Wildman–Crippen MR) is 134 cm³/mol. The topological polar surface area (TPSA) is 93.0 Å². The molecule has 0 unspecified atom stereocenters. The van der Waals surface area contributed by atoms with Crippen LogP contribution in [0, 0.1) is 17.6 Å². The SMILES string of the molecule is CC(C)C[C@H](C(=O)NCc1ccc(F)cc1)N(C(=O)Cn1nnc(-c2ccccc2F)n1)C1CCCC1. The van der Waals surface area contributed by atoms with Crippen LogP contribution in [0.1, 0.15) is 51.5 Å². The summed E-state index contributed by atoms with van der Waals surface area (Å²) in [7, 11) is 0. The Morgan fingerprint density at radius 1 is 1.08 bits per heavy atom. The Bertz CT molecular complexity index is 1210. The number of amides is 2. The van der Waals surface area contributed by atoms with E-state index in [0.717, 1.165) is 36.0 Å². The average Bonchev–Trinajstić information content (AvgIpc) is 3.56. The molecule has 1 fully saturated rings. The van der Waals surface area contributed by atoms with Gasteiger partial charge in [0, 0.05) is 12.6 Å². The van der Waals surface area contributed by atoms with Gasteiger partial charge in [-0.3, -0.25) is 9.59 Å². The van der Waals surface area contributed by atoms with Gasteiger partial charge in [-0.2, -0.15) is 4.80 Å². The first kappa shape index (κ1) is 26.4. The van der Waals surface area contributed by atoms with Crippen LogP contribution in [0.2, 0.25) is 0 Å². The minimum Gasteiger partial charge on any atom is -0.350 e. The van der Waals surface area contributed by atoms with Crippen LogP contribution in [0.5, 0.6) is 0 Å². The van der Waals surface area contributed by atoms with Crippen LogP contribution in [-0.4, -0.2) is 49.0 Å². The van der Waals surface area contributed by atoms with E-state index in [4.69, 9.17) is 0 Å². The number of tetrazole rings is 1. The standard InChI is InChI=1S/C27H32F2N6O2/c1-18(2)15-24(27(37)30-16-19-11-13-20(28)14-12-19)35(21-7-3-4-8-21)25(36)17-34-32-26(31-33-34)22-9-5-6-10-23(22)29/h5-6,9-14,18,21,24H,3-4,7-8,15-17H2,1-2H3,(H,30,37)/t24-/m1/s1. The Hall–Kier alpha value is -3.69. The van der Waals surface area contributed by atoms with Crippen molar-refractivity contribution in [3.8, 4) is 11.4 Å². The van der Waals surface area contributed by atoms with Crippen LogP contribution in [0.15, 0.2) is 48.5 Å². The molecule has 1 aliphatic carbocycles. The lowest BCUT2D eigenvalue weighted by Crippen LogP contribution is -2.54. The number of nitrogens with one attached hydrogen (secondary N) is 1. The zero-order valence-electron chi connectivity index (χ0n) is 21.1. The maximum absolute atomic E-state index is 14.2. The zero-order valence-corrected chi connectivity index (χ0v) is 21.1. The maximum atomic E-state index is 14.2. The van der Waals surface area contributed by atoms with Gasteiger partial charge in [-0.05, 0) is 60.2 Å². The van der Waals surface area contributed by atoms with E-state index in [0.29, 0.717) is 6.42 Å². The first-order valence-corrected chi connectivity index (χ1v) is 12.7. The molecule has 1 aliphatic rings. The predicted octanol–water partition coefficient (Wildman–Crippen LogP) is 4.12. The highest BCUT2D eigenvalue weighted by Gasteiger charge is 2.37. The van der Waals surface area contributed by atoms with Crippen LogP contribution in [0.4, 0.5) is 8.78 Å². The lowest BCUT2D eigenvalue weighted by molar-refractivity contribution is -0.144. The molecule has 0 radical (unpaired) electrons. The van der Waals surface area contributed by atoms with E-state index in [1.807, 2.05) is 13.8 Å². The van der Waals surface area contributed by atoms with E-state index >= 15 is 0 Å². The Labute approximate surface area is 215 Å². The third-order valence-corrected chi connectivity index (χ3v) is 6.56. The van der Waals surface area contributed by atoms with E-state index in [9.17, 15) is 18.4 Å². The van der Waals surface area contributed by atoms with Gasteiger partial charge in [0.1, 0.15) is 24.2 Å². The summed E-state index contributed by atoms with van der Waals surface area (Å²) >= 11 is 0. The molecule has 37 heavy (non-hydrogen) atoms. The van der Waals surface area contributed by atoms with E-state index in [2.05, 4.69) is 20.7 Å². The van der Waals surface area contributed by atoms with Gasteiger partial charge in [0.2, 0.25) is 17.6 Å². The molecule has 2 amide bonds. The van der Waals surface area contributed by atoms with Gasteiger partial charge in [-0.25, -0.2) is 8.78 Å². The third-order valence-electron chi connectivity index (χ3n) is 6.56. The largest absolute Gasteiger partial charge is 0.350 e. The van der Waals surface area contributed by atoms with Gasteiger partial charge in [-0.15, -0.1) is 10.2 Å². The van der Waals surface area contributed by atoms with Crippen LogP contribution in [0.3, 0.4) is 0 Å². The van der Waals surface area contributed by atoms with E-state index in [1.165, 1.54) is 18.2 Å². The normalized spacial score (nSPS) is 14.6. The summed E-state index contributed by atoms with van der Waals surface area (Å²) in [5.41, 5.74) is 0.969. The van der Waals surface area contributed by atoms with Crippen molar-refractivity contribution in [1.82, 2.24) is 30.4 Å². The quantitative estimate of drug-likeness (QED) is 0.443. The molecular formula is C27H32F2N6O2. The number of nitrogens with zero attached hydrogens (tertiary/aromatic N) is 5. The Balaban J connectivity index is 1.53. The number of aromatic nitrogens is 4. The third kappa shape index (κ3) is 6.75. The number of halogens is 2. The molecule has 0 aliphatic heterocycles. The molecule has 0 spiro atoms. The summed E-state index contributed by atoms with van der Waals surface area (Å²) in [6.45, 7) is 4.04. The van der Waals surface area contributed by atoms with Crippen molar-refractivity contribution in [1.29, 1.82) is 0 Å². The fourth-order valence-electron chi connectivity index (χ4n) is 4.78. The molecule has 1 heterocycles. The van der Waals surface area contributed by atoms with Crippen LogP contribution < -0.4 is 5.32 Å². The number of hydrogen-bond acceptors (Lipinski definition) is 5. The van der Waals surface area contributed by atoms with E-state index < -0.39 is 11.9 Å². The summed E-state index contributed by atoms with van der Waals surface area (Å²) < 4.78 is 27.4. The molecule has 1 aromatic heterocycles. The second-order valence-corrected chi connectivity index (χ2v) is 9.85. The van der Waals surface area contributed by atoms with Gasteiger partial charge in [0.05, 0.1) is 5.56 Å². The summed E-state index contributed by atoms with van der Waals surface area (Å²) in [6.07, 6.45) is 4.09. The second-order valence-electron chi connectivity index (χ2n) is 9.85. The van der Waals surface area contributed by atoms with E-state index in [-0.39, 0.29) is 54.1 Å². The maximum Gasteiger partial charge on any atom is 0.247 e. The number of rotatable bonds is 10. The highest BCUT2D eigenvalue weighted by molar-refractivity contribution is 5.87.